The molecule has 7 heteroatoms. The smallest absolute Gasteiger partial charge is 0.261 e. The number of benzene rings is 2. The molecule has 4 rings (SSSR count). The van der Waals surface area contributed by atoms with Crippen molar-refractivity contribution in [2.24, 2.45) is 0 Å². The molecule has 1 aromatic heterocycles. The molecule has 7 nitrogen and oxygen atoms in total. The Labute approximate surface area is 163 Å². The Morgan fingerprint density at radius 3 is 2.54 bits per heavy atom. The van der Waals surface area contributed by atoms with Crippen molar-refractivity contribution in [2.45, 2.75) is 19.5 Å². The average Bonchev–Trinajstić information content (AvgIpc) is 3.18. The average molecular weight is 378 g/mol. The highest BCUT2D eigenvalue weighted by molar-refractivity contribution is 5.78. The molecular weight excluding hydrogens is 356 g/mol. The molecule has 3 aromatic rings. The first kappa shape index (κ1) is 18.0. The molecule has 0 saturated heterocycles. The topological polar surface area (TPSA) is 69.5 Å². The van der Waals surface area contributed by atoms with Crippen LogP contribution < -0.4 is 9.47 Å². The van der Waals surface area contributed by atoms with E-state index in [9.17, 15) is 4.79 Å². The first-order valence-corrected chi connectivity index (χ1v) is 9.23. The Bertz CT molecular complexity index is 971. The van der Waals surface area contributed by atoms with Crippen LogP contribution in [0, 0.1) is 0 Å². The lowest BCUT2D eigenvalue weighted by Crippen LogP contribution is -2.43. The van der Waals surface area contributed by atoms with Gasteiger partial charge >= 0.3 is 0 Å². The molecule has 2 heterocycles. The van der Waals surface area contributed by atoms with Gasteiger partial charge in [0, 0.05) is 12.1 Å². The normalized spacial score (nSPS) is 15.8. The monoisotopic (exact) mass is 378 g/mol. The minimum atomic E-state index is -0.174. The van der Waals surface area contributed by atoms with Crippen LogP contribution in [-0.4, -0.2) is 45.8 Å². The lowest BCUT2D eigenvalue weighted by molar-refractivity contribution is -0.136. The van der Waals surface area contributed by atoms with Crippen LogP contribution in [0.2, 0.25) is 0 Å². The standard InChI is InChI=1S/C21H22N4O3/c1-15-21-22-20(16-8-4-3-5-9-16)23-25(21)13-12-24(15)19(26)14-28-18-11-7-6-10-17(18)27-2/h3-11,15H,12-14H2,1-2H3/t15-/m0/s1. The molecule has 0 aliphatic carbocycles. The van der Waals surface area contributed by atoms with Crippen LogP contribution in [-0.2, 0) is 11.3 Å². The second-order valence-electron chi connectivity index (χ2n) is 6.59. The molecule has 2 aromatic carbocycles. The molecule has 0 fully saturated rings. The van der Waals surface area contributed by atoms with Crippen molar-refractivity contribution in [1.82, 2.24) is 19.7 Å². The Hall–Kier alpha value is -3.35. The van der Waals surface area contributed by atoms with Gasteiger partial charge in [-0.05, 0) is 19.1 Å². The zero-order valence-electron chi connectivity index (χ0n) is 15.9. The summed E-state index contributed by atoms with van der Waals surface area (Å²) in [6.07, 6.45) is 0. The molecule has 1 atom stereocenters. The second kappa shape index (κ2) is 7.72. The molecule has 1 aliphatic heterocycles. The fourth-order valence-electron chi connectivity index (χ4n) is 3.37. The summed E-state index contributed by atoms with van der Waals surface area (Å²) in [5.41, 5.74) is 0.967. The number of methoxy groups -OCH3 is 1. The SMILES string of the molecule is COc1ccccc1OCC(=O)N1CCn2nc(-c3ccccc3)nc2[C@@H]1C. The van der Waals surface area contributed by atoms with Gasteiger partial charge in [0.25, 0.3) is 5.91 Å². The Kier molecular flexibility index (Phi) is 4.97. The second-order valence-corrected chi connectivity index (χ2v) is 6.59. The van der Waals surface area contributed by atoms with Crippen molar-refractivity contribution in [3.63, 3.8) is 0 Å². The lowest BCUT2D eigenvalue weighted by Gasteiger charge is -2.32. The molecule has 0 radical (unpaired) electrons. The van der Waals surface area contributed by atoms with E-state index in [4.69, 9.17) is 9.47 Å². The fourth-order valence-corrected chi connectivity index (χ4v) is 3.37. The predicted molar refractivity (Wildman–Crippen MR) is 104 cm³/mol. The van der Waals surface area contributed by atoms with E-state index < -0.39 is 0 Å². The van der Waals surface area contributed by atoms with Crippen molar-refractivity contribution in [1.29, 1.82) is 0 Å². The molecule has 1 amide bonds. The van der Waals surface area contributed by atoms with E-state index >= 15 is 0 Å². The van der Waals surface area contributed by atoms with E-state index in [1.54, 1.807) is 24.1 Å². The lowest BCUT2D eigenvalue weighted by atomic mass is 10.2. The summed E-state index contributed by atoms with van der Waals surface area (Å²) in [4.78, 5) is 19.2. The third-order valence-electron chi connectivity index (χ3n) is 4.87. The highest BCUT2D eigenvalue weighted by Crippen LogP contribution is 2.28. The number of fused-ring (bicyclic) bond motifs is 1. The number of carbonyl (C=O) groups is 1. The summed E-state index contributed by atoms with van der Waals surface area (Å²) in [6, 6.07) is 17.0. The van der Waals surface area contributed by atoms with Gasteiger partial charge in [0.05, 0.1) is 19.7 Å². The number of hydrogen-bond acceptors (Lipinski definition) is 5. The number of rotatable bonds is 5. The van der Waals surface area contributed by atoms with Crippen molar-refractivity contribution in [2.75, 3.05) is 20.3 Å². The van der Waals surface area contributed by atoms with E-state index in [1.807, 2.05) is 54.1 Å². The molecule has 1 aliphatic rings. The van der Waals surface area contributed by atoms with E-state index in [2.05, 4.69) is 10.1 Å². The van der Waals surface area contributed by atoms with Crippen LogP contribution in [0.25, 0.3) is 11.4 Å². The van der Waals surface area contributed by atoms with Gasteiger partial charge in [-0.3, -0.25) is 4.79 Å². The van der Waals surface area contributed by atoms with Crippen LogP contribution in [0.4, 0.5) is 0 Å². The number of nitrogens with zero attached hydrogens (tertiary/aromatic N) is 4. The third-order valence-corrected chi connectivity index (χ3v) is 4.87. The molecular formula is C21H22N4O3. The minimum absolute atomic E-state index is 0.0512. The summed E-state index contributed by atoms with van der Waals surface area (Å²) in [5.74, 6) is 2.54. The van der Waals surface area contributed by atoms with Gasteiger partial charge < -0.3 is 14.4 Å². The number of amides is 1. The van der Waals surface area contributed by atoms with Gasteiger partial charge in [-0.25, -0.2) is 9.67 Å². The minimum Gasteiger partial charge on any atom is -0.493 e. The van der Waals surface area contributed by atoms with Gasteiger partial charge in [0.1, 0.15) is 5.82 Å². The van der Waals surface area contributed by atoms with E-state index in [1.165, 1.54) is 0 Å². The zero-order valence-corrected chi connectivity index (χ0v) is 15.9. The highest BCUT2D eigenvalue weighted by Gasteiger charge is 2.31. The van der Waals surface area contributed by atoms with Crippen LogP contribution in [0.15, 0.2) is 54.6 Å². The Morgan fingerprint density at radius 1 is 1.07 bits per heavy atom. The summed E-state index contributed by atoms with van der Waals surface area (Å²) in [6.45, 7) is 3.10. The van der Waals surface area contributed by atoms with Crippen molar-refractivity contribution >= 4 is 5.91 Å². The zero-order chi connectivity index (χ0) is 19.5. The van der Waals surface area contributed by atoms with Gasteiger partial charge in [0.15, 0.2) is 23.9 Å². The van der Waals surface area contributed by atoms with Crippen molar-refractivity contribution < 1.29 is 14.3 Å². The molecule has 0 unspecified atom stereocenters. The first-order chi connectivity index (χ1) is 13.7. The summed E-state index contributed by atoms with van der Waals surface area (Å²) in [7, 11) is 1.58. The van der Waals surface area contributed by atoms with Crippen molar-refractivity contribution in [3.8, 4) is 22.9 Å². The predicted octanol–water partition coefficient (Wildman–Crippen LogP) is 2.94. The maximum atomic E-state index is 12.8. The number of aromatic nitrogens is 3. The number of hydrogen-bond donors (Lipinski definition) is 0. The number of para-hydroxylation sites is 2. The summed E-state index contributed by atoms with van der Waals surface area (Å²) >= 11 is 0. The van der Waals surface area contributed by atoms with Crippen LogP contribution in [0.1, 0.15) is 18.8 Å². The highest BCUT2D eigenvalue weighted by atomic mass is 16.5. The molecule has 0 N–H and O–H groups in total. The molecule has 0 saturated carbocycles. The maximum Gasteiger partial charge on any atom is 0.261 e. The number of carbonyl (C=O) groups excluding carboxylic acids is 1. The molecule has 0 bridgehead atoms. The number of ether oxygens (including phenoxy) is 2. The third kappa shape index (κ3) is 3.43. The van der Waals surface area contributed by atoms with Gasteiger partial charge in [-0.1, -0.05) is 42.5 Å². The van der Waals surface area contributed by atoms with Gasteiger partial charge in [-0.15, -0.1) is 0 Å². The molecule has 0 spiro atoms. The quantitative estimate of drug-likeness (QED) is 0.683. The molecule has 144 valence electrons. The fraction of sp³-hybridized carbons (Fsp3) is 0.286. The van der Waals surface area contributed by atoms with Gasteiger partial charge in [-0.2, -0.15) is 5.10 Å². The van der Waals surface area contributed by atoms with Crippen molar-refractivity contribution in [3.05, 3.63) is 60.4 Å². The van der Waals surface area contributed by atoms with Crippen LogP contribution >= 0.6 is 0 Å². The first-order valence-electron chi connectivity index (χ1n) is 9.23. The van der Waals surface area contributed by atoms with E-state index in [0.717, 1.165) is 11.4 Å². The van der Waals surface area contributed by atoms with E-state index in [0.29, 0.717) is 30.4 Å². The summed E-state index contributed by atoms with van der Waals surface area (Å²) < 4.78 is 12.8. The Morgan fingerprint density at radius 2 is 1.79 bits per heavy atom. The Balaban J connectivity index is 1.47. The molecule has 28 heavy (non-hydrogen) atoms. The van der Waals surface area contributed by atoms with Crippen LogP contribution in [0.3, 0.4) is 0 Å². The van der Waals surface area contributed by atoms with Gasteiger partial charge in [0.2, 0.25) is 0 Å². The largest absolute Gasteiger partial charge is 0.493 e. The maximum absolute atomic E-state index is 12.8. The van der Waals surface area contributed by atoms with E-state index in [-0.39, 0.29) is 18.6 Å². The van der Waals surface area contributed by atoms with Crippen LogP contribution in [0.5, 0.6) is 11.5 Å². The summed E-state index contributed by atoms with van der Waals surface area (Å²) in [5, 5.41) is 4.60.